The molecule has 3 N–H and O–H groups in total. The summed E-state index contributed by atoms with van der Waals surface area (Å²) in [7, 11) is 1.55. The second-order valence-corrected chi connectivity index (χ2v) is 7.98. The van der Waals surface area contributed by atoms with E-state index in [-0.39, 0.29) is 6.42 Å². The van der Waals surface area contributed by atoms with Crippen LogP contribution in [-0.4, -0.2) is 35.1 Å². The number of amides is 1. The number of hydrogen-bond acceptors (Lipinski definition) is 4. The molecule has 4 rings (SSSR count). The molecule has 0 aliphatic carbocycles. The Morgan fingerprint density at radius 3 is 2.57 bits per heavy atom. The first-order valence-corrected chi connectivity index (χ1v) is 11.1. The number of para-hydroxylation sites is 1. The molecule has 0 fully saturated rings. The van der Waals surface area contributed by atoms with Crippen LogP contribution in [0.5, 0.6) is 11.5 Å². The zero-order valence-corrected chi connectivity index (χ0v) is 19.2. The molecule has 178 valence electrons. The van der Waals surface area contributed by atoms with Gasteiger partial charge in [0.2, 0.25) is 5.91 Å². The molecule has 1 amide bonds. The van der Waals surface area contributed by atoms with E-state index < -0.39 is 17.9 Å². The van der Waals surface area contributed by atoms with Crippen molar-refractivity contribution < 1.29 is 24.2 Å². The third-order valence-corrected chi connectivity index (χ3v) is 5.57. The van der Waals surface area contributed by atoms with Gasteiger partial charge in [-0.25, -0.2) is 4.79 Å². The Kier molecular flexibility index (Phi) is 7.47. The van der Waals surface area contributed by atoms with Gasteiger partial charge >= 0.3 is 5.97 Å². The van der Waals surface area contributed by atoms with Gasteiger partial charge in [-0.3, -0.25) is 4.79 Å². The van der Waals surface area contributed by atoms with Crippen LogP contribution in [0.4, 0.5) is 0 Å². The normalized spacial score (nSPS) is 11.9. The van der Waals surface area contributed by atoms with E-state index in [0.717, 1.165) is 22.0 Å². The van der Waals surface area contributed by atoms with Crippen molar-refractivity contribution >= 4 is 28.9 Å². The molecule has 0 saturated carbocycles. The molecule has 7 heteroatoms. The van der Waals surface area contributed by atoms with Gasteiger partial charge in [-0.15, -0.1) is 0 Å². The minimum atomic E-state index is -1.10. The van der Waals surface area contributed by atoms with Crippen LogP contribution in [0.25, 0.3) is 17.0 Å². The van der Waals surface area contributed by atoms with Gasteiger partial charge in [-0.2, -0.15) is 0 Å². The zero-order valence-electron chi connectivity index (χ0n) is 19.2. The molecule has 0 saturated heterocycles. The van der Waals surface area contributed by atoms with Crippen LogP contribution in [0, 0.1) is 0 Å². The first-order valence-electron chi connectivity index (χ1n) is 11.1. The van der Waals surface area contributed by atoms with Gasteiger partial charge in [0.05, 0.1) is 7.11 Å². The number of hydrogen-bond donors (Lipinski definition) is 3. The third-order valence-electron chi connectivity index (χ3n) is 5.57. The summed E-state index contributed by atoms with van der Waals surface area (Å²) in [5.74, 6) is -0.479. The molecule has 0 aliphatic rings. The van der Waals surface area contributed by atoms with Crippen molar-refractivity contribution in [1.82, 2.24) is 10.3 Å². The number of carboxylic acid groups (broad SMARTS) is 1. The molecule has 35 heavy (non-hydrogen) atoms. The SMILES string of the molecule is COc1cc(/C=C/C(=O)NC(Cc2c[nH]c3ccccc23)C(=O)O)ccc1OCc1ccccc1. The maximum absolute atomic E-state index is 12.5. The van der Waals surface area contributed by atoms with Crippen LogP contribution in [0.2, 0.25) is 0 Å². The van der Waals surface area contributed by atoms with Crippen LogP contribution < -0.4 is 14.8 Å². The third kappa shape index (κ3) is 6.09. The molecule has 7 nitrogen and oxygen atoms in total. The molecule has 0 aliphatic heterocycles. The Bertz CT molecular complexity index is 1340. The molecule has 4 aromatic rings. The summed E-state index contributed by atoms with van der Waals surface area (Å²) < 4.78 is 11.3. The Balaban J connectivity index is 1.39. The topological polar surface area (TPSA) is 101 Å². The molecular weight excluding hydrogens is 444 g/mol. The van der Waals surface area contributed by atoms with Crippen molar-refractivity contribution in [2.45, 2.75) is 19.1 Å². The number of aromatic amines is 1. The Morgan fingerprint density at radius 1 is 1.03 bits per heavy atom. The number of rotatable bonds is 10. The predicted octanol–water partition coefficient (Wildman–Crippen LogP) is 4.58. The van der Waals surface area contributed by atoms with Gasteiger partial charge in [-0.05, 0) is 41.0 Å². The van der Waals surface area contributed by atoms with Crippen molar-refractivity contribution in [3.05, 3.63) is 102 Å². The second-order valence-electron chi connectivity index (χ2n) is 7.98. The van der Waals surface area contributed by atoms with E-state index in [9.17, 15) is 14.7 Å². The second kappa shape index (κ2) is 11.1. The largest absolute Gasteiger partial charge is 0.493 e. The standard InChI is InChI=1S/C28H26N2O5/c1-34-26-15-19(11-13-25(26)35-18-20-7-3-2-4-8-20)12-14-27(31)30-24(28(32)33)16-21-17-29-23-10-6-5-9-22(21)23/h2-15,17,24,29H,16,18H2,1H3,(H,30,31)(H,32,33)/b14-12+. The average Bonchev–Trinajstić information content (AvgIpc) is 3.29. The highest BCUT2D eigenvalue weighted by Crippen LogP contribution is 2.29. The van der Waals surface area contributed by atoms with Crippen LogP contribution in [0.15, 0.2) is 85.1 Å². The van der Waals surface area contributed by atoms with E-state index in [1.807, 2.05) is 54.6 Å². The first-order chi connectivity index (χ1) is 17.0. The van der Waals surface area contributed by atoms with Crippen molar-refractivity contribution in [2.24, 2.45) is 0 Å². The lowest BCUT2D eigenvalue weighted by atomic mass is 10.0. The first kappa shape index (κ1) is 23.6. The van der Waals surface area contributed by atoms with Crippen molar-refractivity contribution in [1.29, 1.82) is 0 Å². The van der Waals surface area contributed by atoms with Crippen LogP contribution >= 0.6 is 0 Å². The summed E-state index contributed by atoms with van der Waals surface area (Å²) in [5.41, 5.74) is 3.50. The Hall–Kier alpha value is -4.52. The molecule has 1 heterocycles. The number of carbonyl (C=O) groups is 2. The van der Waals surface area contributed by atoms with E-state index in [1.165, 1.54) is 6.08 Å². The summed E-state index contributed by atoms with van der Waals surface area (Å²) >= 11 is 0. The number of carbonyl (C=O) groups excluding carboxylic acids is 1. The van der Waals surface area contributed by atoms with Gasteiger partial charge < -0.3 is 24.9 Å². The minimum absolute atomic E-state index is 0.167. The average molecular weight is 471 g/mol. The highest BCUT2D eigenvalue weighted by Gasteiger charge is 2.21. The zero-order chi connectivity index (χ0) is 24.6. The highest BCUT2D eigenvalue weighted by molar-refractivity contribution is 5.94. The molecule has 1 unspecified atom stereocenters. The van der Waals surface area contributed by atoms with E-state index in [2.05, 4.69) is 10.3 Å². The quantitative estimate of drug-likeness (QED) is 0.295. The fourth-order valence-electron chi connectivity index (χ4n) is 3.75. The predicted molar refractivity (Wildman–Crippen MR) is 134 cm³/mol. The maximum Gasteiger partial charge on any atom is 0.326 e. The molecule has 0 spiro atoms. The summed E-state index contributed by atoms with van der Waals surface area (Å²) in [6.45, 7) is 0.405. The van der Waals surface area contributed by atoms with Gasteiger partial charge in [0.1, 0.15) is 12.6 Å². The Morgan fingerprint density at radius 2 is 1.80 bits per heavy atom. The van der Waals surface area contributed by atoms with E-state index in [4.69, 9.17) is 9.47 Å². The lowest BCUT2D eigenvalue weighted by molar-refractivity contribution is -0.141. The number of benzene rings is 3. The number of H-pyrrole nitrogens is 1. The number of aromatic nitrogens is 1. The maximum atomic E-state index is 12.5. The van der Waals surface area contributed by atoms with Crippen LogP contribution in [0.3, 0.4) is 0 Å². The number of ether oxygens (including phenoxy) is 2. The summed E-state index contributed by atoms with van der Waals surface area (Å²) in [6, 6.07) is 21.7. The van der Waals surface area contributed by atoms with E-state index in [0.29, 0.717) is 23.7 Å². The number of carboxylic acids is 1. The molecule has 0 bridgehead atoms. The fourth-order valence-corrected chi connectivity index (χ4v) is 3.75. The smallest absolute Gasteiger partial charge is 0.326 e. The molecule has 1 atom stereocenters. The number of methoxy groups -OCH3 is 1. The van der Waals surface area contributed by atoms with E-state index >= 15 is 0 Å². The van der Waals surface area contributed by atoms with Crippen LogP contribution in [0.1, 0.15) is 16.7 Å². The monoisotopic (exact) mass is 470 g/mol. The van der Waals surface area contributed by atoms with Gasteiger partial charge in [0.25, 0.3) is 0 Å². The van der Waals surface area contributed by atoms with Gasteiger partial charge in [0, 0.05) is 29.6 Å². The van der Waals surface area contributed by atoms with Gasteiger partial charge in [0.15, 0.2) is 11.5 Å². The minimum Gasteiger partial charge on any atom is -0.493 e. The summed E-state index contributed by atoms with van der Waals surface area (Å²) in [4.78, 5) is 27.4. The highest BCUT2D eigenvalue weighted by atomic mass is 16.5. The number of nitrogens with one attached hydrogen (secondary N) is 2. The fraction of sp³-hybridized carbons (Fsp3) is 0.143. The summed E-state index contributed by atoms with van der Waals surface area (Å²) in [6.07, 6.45) is 4.85. The lowest BCUT2D eigenvalue weighted by Crippen LogP contribution is -2.41. The van der Waals surface area contributed by atoms with Crippen LogP contribution in [-0.2, 0) is 22.6 Å². The van der Waals surface area contributed by atoms with Crippen molar-refractivity contribution in [2.75, 3.05) is 7.11 Å². The Labute approximate surface area is 203 Å². The summed E-state index contributed by atoms with van der Waals surface area (Å²) in [5, 5.41) is 13.1. The molecular formula is C28H26N2O5. The van der Waals surface area contributed by atoms with Crippen molar-refractivity contribution in [3.8, 4) is 11.5 Å². The molecule has 3 aromatic carbocycles. The van der Waals surface area contributed by atoms with Gasteiger partial charge in [-0.1, -0.05) is 54.6 Å². The lowest BCUT2D eigenvalue weighted by Gasteiger charge is -2.13. The number of aliphatic carboxylic acids is 1. The number of fused-ring (bicyclic) bond motifs is 1. The molecule has 0 radical (unpaired) electrons. The van der Waals surface area contributed by atoms with E-state index in [1.54, 1.807) is 37.6 Å². The molecule has 1 aromatic heterocycles. The van der Waals surface area contributed by atoms with Crippen molar-refractivity contribution in [3.63, 3.8) is 0 Å².